The van der Waals surface area contributed by atoms with Gasteiger partial charge in [-0.05, 0) is 19.1 Å². The Balaban J connectivity index is 1.93. The van der Waals surface area contributed by atoms with Crippen LogP contribution in [-0.4, -0.2) is 15.4 Å². The number of nitrogens with zero attached hydrogens (tertiary/aromatic N) is 2. The molecule has 110 valence electrons. The third kappa shape index (κ3) is 3.76. The second-order valence-electron chi connectivity index (χ2n) is 4.40. The lowest BCUT2D eigenvalue weighted by atomic mass is 10.2. The van der Waals surface area contributed by atoms with Gasteiger partial charge >= 0.3 is 4.87 Å². The largest absolute Gasteiger partial charge is 0.326 e. The Morgan fingerprint density at radius 3 is 2.57 bits per heavy atom. The van der Waals surface area contributed by atoms with E-state index in [2.05, 4.69) is 5.32 Å². The lowest BCUT2D eigenvalue weighted by Crippen LogP contribution is -2.20. The number of nitrogens with one attached hydrogen (secondary N) is 1. The molecule has 2 aromatic rings. The molecule has 0 saturated carbocycles. The van der Waals surface area contributed by atoms with E-state index in [-0.39, 0.29) is 22.9 Å². The maximum atomic E-state index is 11.8. The molecule has 0 bridgehead atoms. The Labute approximate surface area is 124 Å². The number of anilines is 1. The Morgan fingerprint density at radius 2 is 2.05 bits per heavy atom. The normalized spacial score (nSPS) is 10.3. The van der Waals surface area contributed by atoms with Gasteiger partial charge in [0.15, 0.2) is 0 Å². The van der Waals surface area contributed by atoms with E-state index in [1.165, 1.54) is 24.3 Å². The lowest BCUT2D eigenvalue weighted by molar-refractivity contribution is -0.384. The van der Waals surface area contributed by atoms with Crippen LogP contribution in [0.4, 0.5) is 11.4 Å². The molecule has 0 fully saturated rings. The molecular formula is C13H13N3O4S. The summed E-state index contributed by atoms with van der Waals surface area (Å²) in [7, 11) is 0. The summed E-state index contributed by atoms with van der Waals surface area (Å²) < 4.78 is 1.54. The van der Waals surface area contributed by atoms with Gasteiger partial charge in [-0.1, -0.05) is 11.3 Å². The molecule has 0 saturated heterocycles. The molecule has 0 atom stereocenters. The fourth-order valence-electron chi connectivity index (χ4n) is 1.78. The van der Waals surface area contributed by atoms with E-state index < -0.39 is 4.92 Å². The minimum Gasteiger partial charge on any atom is -0.326 e. The summed E-state index contributed by atoms with van der Waals surface area (Å²) in [5, 5.41) is 14.9. The minimum atomic E-state index is -0.503. The summed E-state index contributed by atoms with van der Waals surface area (Å²) in [6, 6.07) is 5.59. The summed E-state index contributed by atoms with van der Waals surface area (Å²) >= 11 is 1.10. The van der Waals surface area contributed by atoms with Crippen molar-refractivity contribution in [2.45, 2.75) is 19.9 Å². The van der Waals surface area contributed by atoms with Crippen LogP contribution in [0.25, 0.3) is 0 Å². The SMILES string of the molecule is Cc1csc(=O)n1CCC(=O)Nc1ccc([N+](=O)[O-])cc1. The summed E-state index contributed by atoms with van der Waals surface area (Å²) in [6.07, 6.45) is 0.161. The van der Waals surface area contributed by atoms with Gasteiger partial charge in [0.25, 0.3) is 5.69 Å². The van der Waals surface area contributed by atoms with E-state index in [0.29, 0.717) is 12.2 Å². The van der Waals surface area contributed by atoms with E-state index in [4.69, 9.17) is 0 Å². The van der Waals surface area contributed by atoms with Crippen LogP contribution in [-0.2, 0) is 11.3 Å². The monoisotopic (exact) mass is 307 g/mol. The molecule has 7 nitrogen and oxygen atoms in total. The van der Waals surface area contributed by atoms with Crippen molar-refractivity contribution in [3.8, 4) is 0 Å². The van der Waals surface area contributed by atoms with Crippen LogP contribution in [0, 0.1) is 17.0 Å². The number of thiazole rings is 1. The molecule has 0 aliphatic heterocycles. The Hall–Kier alpha value is -2.48. The maximum absolute atomic E-state index is 11.8. The highest BCUT2D eigenvalue weighted by atomic mass is 32.1. The Bertz CT molecular complexity index is 718. The number of carbonyl (C=O) groups excluding carboxylic acids is 1. The van der Waals surface area contributed by atoms with Crippen molar-refractivity contribution in [3.05, 3.63) is 55.1 Å². The minimum absolute atomic E-state index is 0.0338. The second kappa shape index (κ2) is 6.31. The van der Waals surface area contributed by atoms with Crippen molar-refractivity contribution >= 4 is 28.6 Å². The van der Waals surface area contributed by atoms with Gasteiger partial charge in [-0.3, -0.25) is 19.7 Å². The van der Waals surface area contributed by atoms with Crippen LogP contribution < -0.4 is 10.2 Å². The molecule has 0 aliphatic rings. The average Bonchev–Trinajstić information content (AvgIpc) is 2.76. The number of hydrogen-bond acceptors (Lipinski definition) is 5. The van der Waals surface area contributed by atoms with Crippen LogP contribution in [0.5, 0.6) is 0 Å². The van der Waals surface area contributed by atoms with E-state index in [0.717, 1.165) is 17.0 Å². The van der Waals surface area contributed by atoms with Gasteiger partial charge in [0, 0.05) is 41.9 Å². The quantitative estimate of drug-likeness (QED) is 0.676. The highest BCUT2D eigenvalue weighted by Crippen LogP contribution is 2.15. The number of carbonyl (C=O) groups is 1. The van der Waals surface area contributed by atoms with Crippen molar-refractivity contribution in [1.29, 1.82) is 0 Å². The van der Waals surface area contributed by atoms with Crippen molar-refractivity contribution in [2.24, 2.45) is 0 Å². The van der Waals surface area contributed by atoms with Crippen molar-refractivity contribution in [2.75, 3.05) is 5.32 Å². The molecule has 0 aliphatic carbocycles. The average molecular weight is 307 g/mol. The van der Waals surface area contributed by atoms with E-state index in [1.54, 1.807) is 9.95 Å². The van der Waals surface area contributed by atoms with E-state index in [9.17, 15) is 19.7 Å². The van der Waals surface area contributed by atoms with Gasteiger partial charge in [0.2, 0.25) is 5.91 Å². The number of nitro groups is 1. The first-order valence-corrected chi connectivity index (χ1v) is 7.04. The fourth-order valence-corrected chi connectivity index (χ4v) is 2.54. The fraction of sp³-hybridized carbons (Fsp3) is 0.231. The summed E-state index contributed by atoms with van der Waals surface area (Å²) in [5.41, 5.74) is 1.28. The van der Waals surface area contributed by atoms with Crippen molar-refractivity contribution < 1.29 is 9.72 Å². The van der Waals surface area contributed by atoms with E-state index in [1.807, 2.05) is 6.92 Å². The van der Waals surface area contributed by atoms with Gasteiger partial charge in [0.1, 0.15) is 0 Å². The molecule has 1 N–H and O–H groups in total. The molecule has 0 unspecified atom stereocenters. The molecule has 1 aromatic heterocycles. The number of benzene rings is 1. The van der Waals surface area contributed by atoms with Gasteiger partial charge in [-0.2, -0.15) is 0 Å². The molecule has 0 radical (unpaired) electrons. The first-order valence-electron chi connectivity index (χ1n) is 6.16. The van der Waals surface area contributed by atoms with Crippen molar-refractivity contribution in [1.82, 2.24) is 4.57 Å². The van der Waals surface area contributed by atoms with Gasteiger partial charge in [-0.15, -0.1) is 0 Å². The number of rotatable bonds is 5. The first kappa shape index (κ1) is 14.9. The number of amides is 1. The van der Waals surface area contributed by atoms with Crippen LogP contribution in [0.3, 0.4) is 0 Å². The van der Waals surface area contributed by atoms with Crippen LogP contribution in [0.15, 0.2) is 34.4 Å². The topological polar surface area (TPSA) is 94.2 Å². The number of non-ortho nitro benzene ring substituents is 1. The molecule has 1 aromatic carbocycles. The molecule has 0 spiro atoms. The summed E-state index contributed by atoms with van der Waals surface area (Å²) in [4.78, 5) is 33.2. The zero-order valence-electron chi connectivity index (χ0n) is 11.2. The van der Waals surface area contributed by atoms with Gasteiger partial charge in [0.05, 0.1) is 4.92 Å². The molecule has 1 heterocycles. The summed E-state index contributed by atoms with van der Waals surface area (Å²) in [5.74, 6) is -0.249. The third-order valence-corrected chi connectivity index (χ3v) is 3.78. The summed E-state index contributed by atoms with van der Waals surface area (Å²) in [6.45, 7) is 2.12. The molecular weight excluding hydrogens is 294 g/mol. The molecule has 21 heavy (non-hydrogen) atoms. The molecule has 1 amide bonds. The zero-order valence-corrected chi connectivity index (χ0v) is 12.1. The van der Waals surface area contributed by atoms with Crippen LogP contribution in [0.2, 0.25) is 0 Å². The lowest BCUT2D eigenvalue weighted by Gasteiger charge is -2.06. The van der Waals surface area contributed by atoms with Crippen LogP contribution in [0.1, 0.15) is 12.1 Å². The molecule has 2 rings (SSSR count). The predicted molar refractivity (Wildman–Crippen MR) is 79.7 cm³/mol. The molecule has 8 heteroatoms. The Kier molecular flexibility index (Phi) is 4.49. The second-order valence-corrected chi connectivity index (χ2v) is 5.22. The van der Waals surface area contributed by atoms with Crippen molar-refractivity contribution in [3.63, 3.8) is 0 Å². The Morgan fingerprint density at radius 1 is 1.38 bits per heavy atom. The third-order valence-electron chi connectivity index (χ3n) is 2.90. The standard InChI is InChI=1S/C13H13N3O4S/c1-9-8-21-13(18)15(9)7-6-12(17)14-10-2-4-11(5-3-10)16(19)20/h2-5,8H,6-7H2,1H3,(H,14,17). The highest BCUT2D eigenvalue weighted by molar-refractivity contribution is 7.07. The maximum Gasteiger partial charge on any atom is 0.307 e. The number of nitro benzene ring substituents is 1. The highest BCUT2D eigenvalue weighted by Gasteiger charge is 2.08. The first-order chi connectivity index (χ1) is 9.97. The van der Waals surface area contributed by atoms with Gasteiger partial charge in [-0.25, -0.2) is 0 Å². The zero-order chi connectivity index (χ0) is 15.4. The number of hydrogen-bond donors (Lipinski definition) is 1. The predicted octanol–water partition coefficient (Wildman–Crippen LogP) is 2.16. The van der Waals surface area contributed by atoms with E-state index >= 15 is 0 Å². The smallest absolute Gasteiger partial charge is 0.307 e. The van der Waals surface area contributed by atoms with Gasteiger partial charge < -0.3 is 9.88 Å². The van der Waals surface area contributed by atoms with Crippen LogP contribution >= 0.6 is 11.3 Å². The number of aryl methyl sites for hydroxylation is 1. The number of aromatic nitrogens is 1.